The first-order chi connectivity index (χ1) is 27.8. The van der Waals surface area contributed by atoms with Crippen molar-refractivity contribution in [3.8, 4) is 6.07 Å². The van der Waals surface area contributed by atoms with Gasteiger partial charge in [-0.15, -0.1) is 0 Å². The van der Waals surface area contributed by atoms with E-state index >= 15 is 0 Å². The molecular weight excluding hydrogens is 820 g/mol. The number of benzene rings is 7. The molecule has 0 bridgehead atoms. The van der Waals surface area contributed by atoms with Crippen LogP contribution in [0.15, 0.2) is 217 Å². The Bertz CT molecular complexity index is 1850. The molecule has 1 saturated carbocycles. The number of ether oxygens (including phenoxy) is 1. The van der Waals surface area contributed by atoms with Crippen molar-refractivity contribution < 1.29 is 24.2 Å². The number of aliphatic imine (C=N–C) groups is 1. The summed E-state index contributed by atoms with van der Waals surface area (Å²) < 4.78 is 5.10. The second kappa shape index (κ2) is 24.6. The fourth-order valence-electron chi connectivity index (χ4n) is 6.51. The second-order valence-electron chi connectivity index (χ2n) is 13.2. The van der Waals surface area contributed by atoms with E-state index in [1.54, 1.807) is 0 Å². The minimum absolute atomic E-state index is 0. The molecule has 2 aliphatic rings. The number of nitrogens with zero attached hydrogens (tertiary/aromatic N) is 2. The molecule has 0 aromatic heterocycles. The molecule has 1 aliphatic carbocycles. The van der Waals surface area contributed by atoms with Gasteiger partial charge >= 0.3 is 19.5 Å². The summed E-state index contributed by atoms with van der Waals surface area (Å²) in [5, 5.41) is 17.1. The zero-order valence-corrected chi connectivity index (χ0v) is 35.5. The van der Waals surface area contributed by atoms with E-state index in [4.69, 9.17) is 10.00 Å². The van der Waals surface area contributed by atoms with Crippen LogP contribution < -0.4 is 31.8 Å². The van der Waals surface area contributed by atoms with Gasteiger partial charge < -0.3 is 9.73 Å². The van der Waals surface area contributed by atoms with E-state index in [-0.39, 0.29) is 25.6 Å². The van der Waals surface area contributed by atoms with E-state index in [9.17, 15) is 0 Å². The minimum Gasteiger partial charge on any atom is -0.667 e. The predicted molar refractivity (Wildman–Crippen MR) is 240 cm³/mol. The summed E-state index contributed by atoms with van der Waals surface area (Å²) >= 11 is 0. The van der Waals surface area contributed by atoms with E-state index in [0.29, 0.717) is 0 Å². The summed E-state index contributed by atoms with van der Waals surface area (Å²) in [6.45, 7) is 0. The first-order valence-electron chi connectivity index (χ1n) is 19.3. The van der Waals surface area contributed by atoms with Crippen LogP contribution in [0.25, 0.3) is 0 Å². The van der Waals surface area contributed by atoms with E-state index < -0.39 is 21.9 Å². The summed E-state index contributed by atoms with van der Waals surface area (Å²) in [4.78, 5) is 3.78. The summed E-state index contributed by atoms with van der Waals surface area (Å²) in [7, 11) is -0.892. The zero-order chi connectivity index (χ0) is 38.5. The average molecular weight is 867 g/mol. The van der Waals surface area contributed by atoms with Crippen molar-refractivity contribution in [3.05, 3.63) is 218 Å². The smallest absolute Gasteiger partial charge is 0.667 e. The maximum absolute atomic E-state index is 8.73. The summed E-state index contributed by atoms with van der Waals surface area (Å²) in [5.41, 5.74) is 0.961. The molecule has 57 heavy (non-hydrogen) atoms. The Morgan fingerprint density at radius 2 is 0.667 bits per heavy atom. The minimum atomic E-state index is -0.456. The molecule has 0 saturated heterocycles. The van der Waals surface area contributed by atoms with Crippen LogP contribution in [0.3, 0.4) is 0 Å². The maximum Gasteiger partial charge on any atom is 2.00 e. The van der Waals surface area contributed by atoms with Gasteiger partial charge in [-0.3, -0.25) is 0 Å². The van der Waals surface area contributed by atoms with Gasteiger partial charge in [-0.05, 0) is 53.2 Å². The molecule has 1 fully saturated rings. The molecule has 7 aromatic rings. The van der Waals surface area contributed by atoms with Crippen LogP contribution in [0, 0.1) is 11.3 Å². The molecule has 3 nitrogen and oxygen atoms in total. The van der Waals surface area contributed by atoms with Gasteiger partial charge in [0.1, 0.15) is 12.1 Å². The van der Waals surface area contributed by atoms with Gasteiger partial charge in [0.2, 0.25) is 0 Å². The molecule has 0 spiro atoms. The molecule has 9 rings (SSSR count). The fraction of sp³-hybridized carbons (Fsp3) is 0.137. The van der Waals surface area contributed by atoms with Crippen LogP contribution in [-0.4, -0.2) is 12.4 Å². The van der Waals surface area contributed by atoms with Crippen molar-refractivity contribution in [1.82, 2.24) is 0 Å². The van der Waals surface area contributed by atoms with Crippen LogP contribution >= 0.6 is 15.8 Å². The van der Waals surface area contributed by atoms with Gasteiger partial charge in [-0.25, -0.2) is 6.40 Å². The standard InChI is InChI=1S/2C18H15P.C10H7N2O.C5H10.Ru/c2*1-4-10-16(11-5-1)19(17-12-6-2-7-13-17)18-14-8-3-9-15-18;11-6-9-10(13-7-12-9)8-4-2-1-3-5-8;1-2-4-5-3-1;/h2*1-15H;1-5,9-10H;1-5H2;/q;;-1;;+2. The fourth-order valence-corrected chi connectivity index (χ4v) is 11.1. The Morgan fingerprint density at radius 1 is 0.421 bits per heavy atom. The molecule has 0 radical (unpaired) electrons. The van der Waals surface area contributed by atoms with Gasteiger partial charge in [-0.1, -0.05) is 244 Å². The van der Waals surface area contributed by atoms with Crippen LogP contribution in [0.1, 0.15) is 43.8 Å². The van der Waals surface area contributed by atoms with Crippen LogP contribution in [0.2, 0.25) is 0 Å². The van der Waals surface area contributed by atoms with Crippen molar-refractivity contribution in [2.45, 2.75) is 44.2 Å². The average Bonchev–Trinajstić information content (AvgIpc) is 4.04. The third-order valence-electron chi connectivity index (χ3n) is 9.25. The third-order valence-corrected chi connectivity index (χ3v) is 14.1. The molecule has 2 atom stereocenters. The maximum atomic E-state index is 8.73. The monoisotopic (exact) mass is 867 g/mol. The first kappa shape index (κ1) is 43.1. The molecule has 1 aliphatic heterocycles. The van der Waals surface area contributed by atoms with Crippen LogP contribution in [-0.2, 0) is 24.2 Å². The number of nitriles is 1. The topological polar surface area (TPSA) is 45.4 Å². The molecule has 6 heteroatoms. The van der Waals surface area contributed by atoms with E-state index in [2.05, 4.69) is 199 Å². The predicted octanol–water partition coefficient (Wildman–Crippen LogP) is 10.4. The number of rotatable bonds is 7. The van der Waals surface area contributed by atoms with E-state index in [0.717, 1.165) is 5.56 Å². The number of hydrogen-bond acceptors (Lipinski definition) is 3. The molecule has 2 unspecified atom stereocenters. The zero-order valence-electron chi connectivity index (χ0n) is 31.9. The van der Waals surface area contributed by atoms with Crippen molar-refractivity contribution in [2.24, 2.45) is 4.99 Å². The van der Waals surface area contributed by atoms with Crippen molar-refractivity contribution in [3.63, 3.8) is 0 Å². The molecule has 0 N–H and O–H groups in total. The largest absolute Gasteiger partial charge is 2.00 e. The SMILES string of the molecule is C1CCCC1.N#CC1N=[C-]OC1c1ccccc1.[Ru+2].c1ccc(P(c2ccccc2)c2ccccc2)cc1.c1ccc(P(c2ccccc2)c2ccccc2)cc1. The Hall–Kier alpha value is -5.02. The second-order valence-corrected chi connectivity index (χ2v) is 17.6. The molecule has 284 valence electrons. The third kappa shape index (κ3) is 13.3. The van der Waals surface area contributed by atoms with E-state index in [1.807, 2.05) is 30.3 Å². The van der Waals surface area contributed by atoms with Gasteiger partial charge in [0.05, 0.1) is 6.07 Å². The first-order valence-corrected chi connectivity index (χ1v) is 22.0. The van der Waals surface area contributed by atoms with Gasteiger partial charge in [-0.2, -0.15) is 5.26 Å². The van der Waals surface area contributed by atoms with Crippen molar-refractivity contribution in [1.29, 1.82) is 5.26 Å². The van der Waals surface area contributed by atoms with Crippen LogP contribution in [0.5, 0.6) is 0 Å². The van der Waals surface area contributed by atoms with Crippen molar-refractivity contribution >= 4 is 54.1 Å². The molecule has 0 amide bonds. The Morgan fingerprint density at radius 3 is 0.912 bits per heavy atom. The summed E-state index contributed by atoms with van der Waals surface area (Å²) in [6, 6.07) is 75.8. The normalized spacial score (nSPS) is 14.9. The van der Waals surface area contributed by atoms with Gasteiger partial charge in [0, 0.05) is 0 Å². The molecule has 7 aromatic carbocycles. The quantitative estimate of drug-likeness (QED) is 0.0910. The number of hydrogen-bond donors (Lipinski definition) is 0. The van der Waals surface area contributed by atoms with Gasteiger partial charge in [0.15, 0.2) is 0 Å². The Kier molecular flexibility index (Phi) is 18.6. The Balaban J connectivity index is 0.000000154. The molecule has 1 heterocycles. The Labute approximate surface area is 354 Å². The summed E-state index contributed by atoms with van der Waals surface area (Å²) in [5.74, 6) is 0. The van der Waals surface area contributed by atoms with Crippen LogP contribution in [0.4, 0.5) is 0 Å². The summed E-state index contributed by atoms with van der Waals surface area (Å²) in [6.07, 6.45) is 9.59. The molecular formula is C51H47N2OP2Ru+. The van der Waals surface area contributed by atoms with Crippen molar-refractivity contribution in [2.75, 3.05) is 0 Å². The van der Waals surface area contributed by atoms with Gasteiger partial charge in [0.25, 0.3) is 0 Å². The van der Waals surface area contributed by atoms with E-state index in [1.165, 1.54) is 63.9 Å².